The Morgan fingerprint density at radius 3 is 2.77 bits per heavy atom. The van der Waals surface area contributed by atoms with Crippen LogP contribution < -0.4 is 5.32 Å². The van der Waals surface area contributed by atoms with E-state index < -0.39 is 11.7 Å². The molecule has 0 saturated carbocycles. The molecule has 1 N–H and O–H groups in total. The zero-order valence-electron chi connectivity index (χ0n) is 13.7. The SMILES string of the molecule is CC(C)(C)OC(=O)NCC1CN(Cc2ccccc2)CCO1. The van der Waals surface area contributed by atoms with Gasteiger partial charge in [-0.2, -0.15) is 0 Å². The number of ether oxygens (including phenoxy) is 2. The Hall–Kier alpha value is -1.59. The third kappa shape index (κ3) is 6.03. The second kappa shape index (κ2) is 7.61. The van der Waals surface area contributed by atoms with E-state index in [-0.39, 0.29) is 6.10 Å². The Kier molecular flexibility index (Phi) is 5.80. The summed E-state index contributed by atoms with van der Waals surface area (Å²) in [6, 6.07) is 10.4. The average Bonchev–Trinajstić information content (AvgIpc) is 2.45. The standard InChI is InChI=1S/C17H26N2O3/c1-17(2,3)22-16(20)18-11-15-13-19(9-10-21-15)12-14-7-5-4-6-8-14/h4-8,15H,9-13H2,1-3H3,(H,18,20). The molecule has 1 aliphatic heterocycles. The van der Waals surface area contributed by atoms with E-state index in [9.17, 15) is 4.79 Å². The zero-order valence-corrected chi connectivity index (χ0v) is 13.7. The van der Waals surface area contributed by atoms with Crippen LogP contribution in [0.4, 0.5) is 4.79 Å². The first-order chi connectivity index (χ1) is 10.4. The lowest BCUT2D eigenvalue weighted by atomic mass is 10.2. The molecular formula is C17H26N2O3. The molecule has 0 spiro atoms. The predicted molar refractivity (Wildman–Crippen MR) is 85.7 cm³/mol. The van der Waals surface area contributed by atoms with Crippen LogP contribution in [0.3, 0.4) is 0 Å². The number of nitrogens with one attached hydrogen (secondary N) is 1. The maximum atomic E-state index is 11.7. The topological polar surface area (TPSA) is 50.8 Å². The molecule has 1 saturated heterocycles. The van der Waals surface area contributed by atoms with Gasteiger partial charge in [-0.1, -0.05) is 30.3 Å². The fourth-order valence-corrected chi connectivity index (χ4v) is 2.40. The average molecular weight is 306 g/mol. The molecule has 1 unspecified atom stereocenters. The number of benzene rings is 1. The number of alkyl carbamates (subject to hydrolysis) is 1. The van der Waals surface area contributed by atoms with Crippen molar-refractivity contribution in [3.8, 4) is 0 Å². The number of carbonyl (C=O) groups is 1. The monoisotopic (exact) mass is 306 g/mol. The summed E-state index contributed by atoms with van der Waals surface area (Å²) in [5, 5.41) is 2.78. The number of hydrogen-bond acceptors (Lipinski definition) is 4. The van der Waals surface area contributed by atoms with Gasteiger partial charge in [-0.3, -0.25) is 4.90 Å². The van der Waals surface area contributed by atoms with Gasteiger partial charge in [-0.05, 0) is 26.3 Å². The smallest absolute Gasteiger partial charge is 0.407 e. The Morgan fingerprint density at radius 1 is 1.36 bits per heavy atom. The lowest BCUT2D eigenvalue weighted by Gasteiger charge is -2.33. The van der Waals surface area contributed by atoms with Gasteiger partial charge in [-0.25, -0.2) is 4.79 Å². The second-order valence-corrected chi connectivity index (χ2v) is 6.60. The highest BCUT2D eigenvalue weighted by molar-refractivity contribution is 5.67. The summed E-state index contributed by atoms with van der Waals surface area (Å²) in [5.41, 5.74) is 0.819. The molecule has 22 heavy (non-hydrogen) atoms. The van der Waals surface area contributed by atoms with Crippen molar-refractivity contribution in [1.29, 1.82) is 0 Å². The quantitative estimate of drug-likeness (QED) is 0.928. The zero-order chi connectivity index (χ0) is 16.0. The van der Waals surface area contributed by atoms with Gasteiger partial charge in [0, 0.05) is 26.2 Å². The highest BCUT2D eigenvalue weighted by Crippen LogP contribution is 2.11. The van der Waals surface area contributed by atoms with Gasteiger partial charge in [0.25, 0.3) is 0 Å². The van der Waals surface area contributed by atoms with Crippen molar-refractivity contribution in [2.75, 3.05) is 26.2 Å². The first-order valence-corrected chi connectivity index (χ1v) is 7.77. The molecule has 1 aliphatic rings. The molecule has 1 heterocycles. The number of rotatable bonds is 4. The Labute approximate surface area is 132 Å². The van der Waals surface area contributed by atoms with Crippen LogP contribution in [0.5, 0.6) is 0 Å². The van der Waals surface area contributed by atoms with Gasteiger partial charge >= 0.3 is 6.09 Å². The minimum Gasteiger partial charge on any atom is -0.444 e. The molecule has 0 aliphatic carbocycles. The summed E-state index contributed by atoms with van der Waals surface area (Å²) in [6.07, 6.45) is -0.388. The molecular weight excluding hydrogens is 280 g/mol. The fourth-order valence-electron chi connectivity index (χ4n) is 2.40. The maximum absolute atomic E-state index is 11.7. The van der Waals surface area contributed by atoms with E-state index >= 15 is 0 Å². The molecule has 0 bridgehead atoms. The highest BCUT2D eigenvalue weighted by atomic mass is 16.6. The highest BCUT2D eigenvalue weighted by Gasteiger charge is 2.22. The van der Waals surface area contributed by atoms with E-state index in [4.69, 9.17) is 9.47 Å². The molecule has 0 radical (unpaired) electrons. The normalized spacial score (nSPS) is 19.7. The van der Waals surface area contributed by atoms with Crippen molar-refractivity contribution in [1.82, 2.24) is 10.2 Å². The third-order valence-corrected chi connectivity index (χ3v) is 3.34. The van der Waals surface area contributed by atoms with Crippen molar-refractivity contribution < 1.29 is 14.3 Å². The summed E-state index contributed by atoms with van der Waals surface area (Å²) < 4.78 is 10.9. The Morgan fingerprint density at radius 2 is 2.09 bits per heavy atom. The number of amides is 1. The molecule has 1 aromatic rings. The number of hydrogen-bond donors (Lipinski definition) is 1. The van der Waals surface area contributed by atoms with E-state index in [0.29, 0.717) is 13.2 Å². The summed E-state index contributed by atoms with van der Waals surface area (Å²) in [6.45, 7) is 9.35. The summed E-state index contributed by atoms with van der Waals surface area (Å²) in [7, 11) is 0. The van der Waals surface area contributed by atoms with Crippen LogP contribution >= 0.6 is 0 Å². The summed E-state index contributed by atoms with van der Waals surface area (Å²) >= 11 is 0. The van der Waals surface area contributed by atoms with Crippen molar-refractivity contribution in [2.45, 2.75) is 39.0 Å². The second-order valence-electron chi connectivity index (χ2n) is 6.60. The van der Waals surface area contributed by atoms with Gasteiger partial charge in [-0.15, -0.1) is 0 Å². The molecule has 122 valence electrons. The molecule has 0 aromatic heterocycles. The molecule has 1 fully saturated rings. The lowest BCUT2D eigenvalue weighted by Crippen LogP contribution is -2.47. The summed E-state index contributed by atoms with van der Waals surface area (Å²) in [4.78, 5) is 14.0. The first-order valence-electron chi connectivity index (χ1n) is 7.77. The Balaban J connectivity index is 1.75. The minimum atomic E-state index is -0.475. The summed E-state index contributed by atoms with van der Waals surface area (Å²) in [5.74, 6) is 0. The maximum Gasteiger partial charge on any atom is 0.407 e. The van der Waals surface area contributed by atoms with Crippen LogP contribution in [0, 0.1) is 0 Å². The molecule has 5 heteroatoms. The molecule has 1 aromatic carbocycles. The van der Waals surface area contributed by atoms with Gasteiger partial charge in [0.2, 0.25) is 0 Å². The van der Waals surface area contributed by atoms with Gasteiger partial charge < -0.3 is 14.8 Å². The minimum absolute atomic E-state index is 0.00461. The van der Waals surface area contributed by atoms with E-state index in [1.165, 1.54) is 5.56 Å². The van der Waals surface area contributed by atoms with Crippen molar-refractivity contribution in [3.05, 3.63) is 35.9 Å². The fraction of sp³-hybridized carbons (Fsp3) is 0.588. The van der Waals surface area contributed by atoms with Crippen LogP contribution in [-0.4, -0.2) is 48.9 Å². The lowest BCUT2D eigenvalue weighted by molar-refractivity contribution is -0.0313. The van der Waals surface area contributed by atoms with E-state index in [1.807, 2.05) is 26.8 Å². The van der Waals surface area contributed by atoms with Crippen LogP contribution in [-0.2, 0) is 16.0 Å². The van der Waals surface area contributed by atoms with Crippen LogP contribution in [0.25, 0.3) is 0 Å². The number of carbonyl (C=O) groups excluding carboxylic acids is 1. The van der Waals surface area contributed by atoms with E-state index in [0.717, 1.165) is 19.6 Å². The third-order valence-electron chi connectivity index (χ3n) is 3.34. The van der Waals surface area contributed by atoms with Crippen molar-refractivity contribution in [2.24, 2.45) is 0 Å². The van der Waals surface area contributed by atoms with Crippen LogP contribution in [0.1, 0.15) is 26.3 Å². The number of nitrogens with zero attached hydrogens (tertiary/aromatic N) is 1. The van der Waals surface area contributed by atoms with E-state index in [2.05, 4.69) is 34.5 Å². The first kappa shape index (κ1) is 16.8. The molecule has 1 atom stereocenters. The van der Waals surface area contributed by atoms with Crippen LogP contribution in [0.15, 0.2) is 30.3 Å². The largest absolute Gasteiger partial charge is 0.444 e. The molecule has 1 amide bonds. The van der Waals surface area contributed by atoms with Crippen molar-refractivity contribution >= 4 is 6.09 Å². The molecule has 2 rings (SSSR count). The molecule has 5 nitrogen and oxygen atoms in total. The number of morpholine rings is 1. The van der Waals surface area contributed by atoms with Crippen molar-refractivity contribution in [3.63, 3.8) is 0 Å². The van der Waals surface area contributed by atoms with E-state index in [1.54, 1.807) is 0 Å². The van der Waals surface area contributed by atoms with Gasteiger partial charge in [0.05, 0.1) is 12.7 Å². The van der Waals surface area contributed by atoms with Crippen LogP contribution in [0.2, 0.25) is 0 Å². The van der Waals surface area contributed by atoms with Gasteiger partial charge in [0.1, 0.15) is 5.60 Å². The van der Waals surface area contributed by atoms with Gasteiger partial charge in [0.15, 0.2) is 0 Å². The Bertz CT molecular complexity index is 471. The predicted octanol–water partition coefficient (Wildman–Crippen LogP) is 2.41.